The number of hydrogen-bond acceptors (Lipinski definition) is 3. The summed E-state index contributed by atoms with van der Waals surface area (Å²) < 4.78 is 0. The van der Waals surface area contributed by atoms with Crippen LogP contribution < -0.4 is 5.32 Å². The van der Waals surface area contributed by atoms with Crippen LogP contribution in [0.1, 0.15) is 19.3 Å². The number of aliphatic hydroxyl groups is 1. The van der Waals surface area contributed by atoms with Crippen molar-refractivity contribution in [3.8, 4) is 0 Å². The highest BCUT2D eigenvalue weighted by Gasteiger charge is 2.34. The van der Waals surface area contributed by atoms with Crippen molar-refractivity contribution in [1.29, 1.82) is 0 Å². The van der Waals surface area contributed by atoms with Crippen molar-refractivity contribution in [1.82, 2.24) is 10.2 Å². The predicted octanol–water partition coefficient (Wildman–Crippen LogP) is -0.894. The van der Waals surface area contributed by atoms with Crippen molar-refractivity contribution in [2.24, 2.45) is 5.92 Å². The number of carbonyl (C=O) groups is 2. The van der Waals surface area contributed by atoms with E-state index in [4.69, 9.17) is 5.11 Å². The van der Waals surface area contributed by atoms with Crippen molar-refractivity contribution in [3.05, 3.63) is 0 Å². The molecule has 0 saturated carbocycles. The van der Waals surface area contributed by atoms with Crippen LogP contribution in [0.25, 0.3) is 0 Å². The maximum atomic E-state index is 11.9. The average molecular weight is 212 g/mol. The lowest BCUT2D eigenvalue weighted by molar-refractivity contribution is -0.133. The molecule has 0 radical (unpaired) electrons. The Morgan fingerprint density at radius 2 is 2.33 bits per heavy atom. The summed E-state index contributed by atoms with van der Waals surface area (Å²) in [7, 11) is 0. The lowest BCUT2D eigenvalue weighted by Gasteiger charge is -2.20. The van der Waals surface area contributed by atoms with Crippen molar-refractivity contribution in [2.75, 3.05) is 19.7 Å². The van der Waals surface area contributed by atoms with E-state index in [0.29, 0.717) is 25.9 Å². The Morgan fingerprint density at radius 3 is 2.87 bits per heavy atom. The molecule has 0 bridgehead atoms. The van der Waals surface area contributed by atoms with E-state index in [0.717, 1.165) is 6.42 Å². The molecule has 2 aliphatic heterocycles. The van der Waals surface area contributed by atoms with E-state index >= 15 is 0 Å². The van der Waals surface area contributed by atoms with E-state index in [1.54, 1.807) is 4.90 Å². The first kappa shape index (κ1) is 10.4. The summed E-state index contributed by atoms with van der Waals surface area (Å²) in [5, 5.41) is 11.6. The van der Waals surface area contributed by atoms with Gasteiger partial charge >= 0.3 is 0 Å². The number of likely N-dealkylation sites (tertiary alicyclic amines) is 1. The van der Waals surface area contributed by atoms with Gasteiger partial charge in [0, 0.05) is 32.0 Å². The highest BCUT2D eigenvalue weighted by molar-refractivity contribution is 5.90. The quantitative estimate of drug-likeness (QED) is 0.623. The number of aliphatic hydroxyl groups excluding tert-OH is 1. The Hall–Kier alpha value is -1.10. The number of nitrogens with zero attached hydrogens (tertiary/aromatic N) is 1. The van der Waals surface area contributed by atoms with Crippen LogP contribution in [0.4, 0.5) is 0 Å². The van der Waals surface area contributed by atoms with Gasteiger partial charge in [-0.1, -0.05) is 0 Å². The highest BCUT2D eigenvalue weighted by atomic mass is 16.3. The first-order valence-electron chi connectivity index (χ1n) is 5.39. The van der Waals surface area contributed by atoms with Crippen LogP contribution in [0.15, 0.2) is 0 Å². The van der Waals surface area contributed by atoms with E-state index < -0.39 is 0 Å². The molecule has 2 aliphatic rings. The minimum atomic E-state index is -0.324. The van der Waals surface area contributed by atoms with Gasteiger partial charge in [0.2, 0.25) is 11.8 Å². The number of amides is 2. The summed E-state index contributed by atoms with van der Waals surface area (Å²) >= 11 is 0. The largest absolute Gasteiger partial charge is 0.396 e. The molecular weight excluding hydrogens is 196 g/mol. The topological polar surface area (TPSA) is 69.6 Å². The lowest BCUT2D eigenvalue weighted by Crippen LogP contribution is -2.43. The zero-order valence-electron chi connectivity index (χ0n) is 8.61. The Bertz CT molecular complexity index is 280. The summed E-state index contributed by atoms with van der Waals surface area (Å²) in [6.45, 7) is 1.47. The molecule has 5 nitrogen and oxygen atoms in total. The molecule has 2 fully saturated rings. The van der Waals surface area contributed by atoms with Gasteiger partial charge in [-0.3, -0.25) is 9.59 Å². The average Bonchev–Trinajstić information content (AvgIpc) is 2.84. The van der Waals surface area contributed by atoms with Gasteiger partial charge in [0.25, 0.3) is 0 Å². The van der Waals surface area contributed by atoms with Crippen LogP contribution in [0.2, 0.25) is 0 Å². The third-order valence-corrected chi connectivity index (χ3v) is 3.15. The maximum Gasteiger partial charge on any atom is 0.245 e. The third kappa shape index (κ3) is 2.12. The number of carbonyl (C=O) groups excluding carboxylic acids is 2. The van der Waals surface area contributed by atoms with Crippen molar-refractivity contribution < 1.29 is 14.7 Å². The van der Waals surface area contributed by atoms with E-state index in [9.17, 15) is 9.59 Å². The normalized spacial score (nSPS) is 30.7. The molecule has 5 heteroatoms. The molecule has 0 aliphatic carbocycles. The highest BCUT2D eigenvalue weighted by Crippen LogP contribution is 2.18. The molecule has 84 valence electrons. The van der Waals surface area contributed by atoms with Gasteiger partial charge in [-0.05, 0) is 12.8 Å². The lowest BCUT2D eigenvalue weighted by atomic mass is 10.1. The smallest absolute Gasteiger partial charge is 0.245 e. The molecule has 0 aromatic heterocycles. The van der Waals surface area contributed by atoms with Gasteiger partial charge in [0.05, 0.1) is 0 Å². The van der Waals surface area contributed by atoms with Crippen molar-refractivity contribution >= 4 is 11.8 Å². The molecule has 15 heavy (non-hydrogen) atoms. The number of rotatable bonds is 2. The van der Waals surface area contributed by atoms with Crippen molar-refractivity contribution in [2.45, 2.75) is 25.3 Å². The summed E-state index contributed by atoms with van der Waals surface area (Å²) in [5.74, 6) is 0.189. The first-order chi connectivity index (χ1) is 7.20. The maximum absolute atomic E-state index is 11.9. The van der Waals surface area contributed by atoms with E-state index in [1.807, 2.05) is 0 Å². The fourth-order valence-corrected chi connectivity index (χ4v) is 2.20. The zero-order valence-corrected chi connectivity index (χ0v) is 8.61. The number of nitrogens with one attached hydrogen (secondary N) is 1. The van der Waals surface area contributed by atoms with Crippen LogP contribution in [0.3, 0.4) is 0 Å². The zero-order chi connectivity index (χ0) is 10.8. The molecule has 2 heterocycles. The Labute approximate surface area is 88.4 Å². The fourth-order valence-electron chi connectivity index (χ4n) is 2.20. The molecule has 2 saturated heterocycles. The molecule has 2 rings (SSSR count). The molecule has 0 aromatic carbocycles. The molecule has 1 unspecified atom stereocenters. The third-order valence-electron chi connectivity index (χ3n) is 3.15. The second-order valence-electron chi connectivity index (χ2n) is 4.28. The Morgan fingerprint density at radius 1 is 1.53 bits per heavy atom. The van der Waals surface area contributed by atoms with Gasteiger partial charge in [-0.25, -0.2) is 0 Å². The van der Waals surface area contributed by atoms with Gasteiger partial charge in [0.1, 0.15) is 6.04 Å². The Balaban J connectivity index is 1.89. The first-order valence-corrected chi connectivity index (χ1v) is 5.39. The van der Waals surface area contributed by atoms with Gasteiger partial charge in [-0.2, -0.15) is 0 Å². The van der Waals surface area contributed by atoms with Crippen LogP contribution in [0, 0.1) is 5.92 Å². The van der Waals surface area contributed by atoms with Gasteiger partial charge in [-0.15, -0.1) is 0 Å². The molecule has 2 amide bonds. The molecule has 0 aromatic rings. The van der Waals surface area contributed by atoms with Crippen LogP contribution >= 0.6 is 0 Å². The second-order valence-corrected chi connectivity index (χ2v) is 4.28. The summed E-state index contributed by atoms with van der Waals surface area (Å²) in [5.41, 5.74) is 0. The van der Waals surface area contributed by atoms with Crippen LogP contribution in [-0.2, 0) is 9.59 Å². The summed E-state index contributed by atoms with van der Waals surface area (Å²) in [6, 6.07) is -0.324. The standard InChI is InChI=1S/C10H16N2O3/c13-6-7-3-4-12(5-7)10(15)8-1-2-9(14)11-8/h7-8,13H,1-6H2,(H,11,14)/t7?,8-/m0/s1. The van der Waals surface area contributed by atoms with E-state index in [1.165, 1.54) is 0 Å². The molecular formula is C10H16N2O3. The van der Waals surface area contributed by atoms with E-state index in [2.05, 4.69) is 5.32 Å². The van der Waals surface area contributed by atoms with Crippen LogP contribution in [0.5, 0.6) is 0 Å². The fraction of sp³-hybridized carbons (Fsp3) is 0.800. The minimum absolute atomic E-state index is 0.0109. The van der Waals surface area contributed by atoms with Crippen LogP contribution in [-0.4, -0.2) is 47.6 Å². The monoisotopic (exact) mass is 212 g/mol. The van der Waals surface area contributed by atoms with E-state index in [-0.39, 0.29) is 30.4 Å². The minimum Gasteiger partial charge on any atom is -0.396 e. The summed E-state index contributed by atoms with van der Waals surface area (Å²) in [6.07, 6.45) is 1.93. The summed E-state index contributed by atoms with van der Waals surface area (Å²) in [4.78, 5) is 24.6. The number of hydrogen-bond donors (Lipinski definition) is 2. The predicted molar refractivity (Wildman–Crippen MR) is 52.9 cm³/mol. The Kier molecular flexibility index (Phi) is 2.90. The van der Waals surface area contributed by atoms with Crippen molar-refractivity contribution in [3.63, 3.8) is 0 Å². The van der Waals surface area contributed by atoms with Gasteiger partial charge < -0.3 is 15.3 Å². The molecule has 2 atom stereocenters. The second kappa shape index (κ2) is 4.18. The SMILES string of the molecule is O=C1CC[C@@H](C(=O)N2CCC(CO)C2)N1. The molecule has 2 N–H and O–H groups in total. The van der Waals surface area contributed by atoms with Gasteiger partial charge in [0.15, 0.2) is 0 Å². The molecule has 0 spiro atoms.